The summed E-state index contributed by atoms with van der Waals surface area (Å²) in [6, 6.07) is 15.7. The van der Waals surface area contributed by atoms with Gasteiger partial charge in [-0.05, 0) is 42.0 Å². The molecule has 0 spiro atoms. The normalized spacial score (nSPS) is 20.6. The molecule has 0 saturated carbocycles. The van der Waals surface area contributed by atoms with E-state index in [0.717, 1.165) is 17.5 Å². The average molecular weight is 339 g/mol. The first-order valence-corrected chi connectivity index (χ1v) is 8.66. The minimum Gasteiger partial charge on any atom is -0.279 e. The molecule has 0 bridgehead atoms. The monoisotopic (exact) mass is 339 g/mol. The number of benzene rings is 2. The maximum Gasteiger partial charge on any atom is 0.233 e. The number of nitrogens with zero attached hydrogens (tertiary/aromatic N) is 1. The van der Waals surface area contributed by atoms with E-state index in [-0.39, 0.29) is 36.0 Å². The molecule has 1 aliphatic heterocycles. The molecule has 2 aromatic carbocycles. The van der Waals surface area contributed by atoms with Crippen LogP contribution in [0.15, 0.2) is 54.6 Å². The smallest absolute Gasteiger partial charge is 0.233 e. The zero-order valence-electron chi connectivity index (χ0n) is 14.3. The van der Waals surface area contributed by atoms with E-state index in [9.17, 15) is 14.0 Å². The lowest BCUT2D eigenvalue weighted by Gasteiger charge is -2.37. The standard InChI is InChI=1S/C21H22FNO2/c1-15-11-19(13-16-5-3-2-4-6-16)23(20(24)12-15)21(25)14-17-7-9-18(22)10-8-17/h2-10,15,19H,11-14H2,1H3. The maximum atomic E-state index is 13.0. The molecule has 0 radical (unpaired) electrons. The number of rotatable bonds is 4. The Morgan fingerprint density at radius 3 is 2.44 bits per heavy atom. The van der Waals surface area contributed by atoms with Crippen LogP contribution in [0.4, 0.5) is 4.39 Å². The molecular formula is C21H22FNO2. The van der Waals surface area contributed by atoms with Crippen LogP contribution in [0.25, 0.3) is 0 Å². The number of carbonyl (C=O) groups excluding carboxylic acids is 2. The molecule has 2 unspecified atom stereocenters. The van der Waals surface area contributed by atoms with E-state index in [1.807, 2.05) is 30.3 Å². The van der Waals surface area contributed by atoms with E-state index in [1.54, 1.807) is 12.1 Å². The van der Waals surface area contributed by atoms with Crippen LogP contribution >= 0.6 is 0 Å². The summed E-state index contributed by atoms with van der Waals surface area (Å²) < 4.78 is 13.0. The molecule has 3 nitrogen and oxygen atoms in total. The van der Waals surface area contributed by atoms with Gasteiger partial charge in [0.2, 0.25) is 11.8 Å². The highest BCUT2D eigenvalue weighted by atomic mass is 19.1. The Bertz CT molecular complexity index is 742. The van der Waals surface area contributed by atoms with E-state index in [2.05, 4.69) is 6.92 Å². The number of imide groups is 1. The zero-order chi connectivity index (χ0) is 17.8. The molecule has 2 atom stereocenters. The van der Waals surface area contributed by atoms with Gasteiger partial charge in [0.05, 0.1) is 6.42 Å². The SMILES string of the molecule is CC1CC(=O)N(C(=O)Cc2ccc(F)cc2)C(Cc2ccccc2)C1. The predicted octanol–water partition coefficient (Wildman–Crippen LogP) is 3.76. The minimum absolute atomic E-state index is 0.105. The molecule has 0 N–H and O–H groups in total. The molecule has 2 aromatic rings. The molecule has 0 aromatic heterocycles. The third kappa shape index (κ3) is 4.32. The van der Waals surface area contributed by atoms with Gasteiger partial charge in [0.1, 0.15) is 5.82 Å². The third-order valence-electron chi connectivity index (χ3n) is 4.68. The Balaban J connectivity index is 1.77. The van der Waals surface area contributed by atoms with Gasteiger partial charge in [-0.2, -0.15) is 0 Å². The Hall–Kier alpha value is -2.49. The van der Waals surface area contributed by atoms with Gasteiger partial charge < -0.3 is 0 Å². The molecule has 1 fully saturated rings. The van der Waals surface area contributed by atoms with Crippen molar-refractivity contribution in [3.05, 3.63) is 71.5 Å². The number of hydrogen-bond donors (Lipinski definition) is 0. The van der Waals surface area contributed by atoms with Crippen molar-refractivity contribution in [3.63, 3.8) is 0 Å². The van der Waals surface area contributed by atoms with Crippen LogP contribution in [0.2, 0.25) is 0 Å². The first kappa shape index (κ1) is 17.3. The fraction of sp³-hybridized carbons (Fsp3) is 0.333. The third-order valence-corrected chi connectivity index (χ3v) is 4.68. The zero-order valence-corrected chi connectivity index (χ0v) is 14.3. The lowest BCUT2D eigenvalue weighted by Crippen LogP contribution is -2.50. The number of piperidine rings is 1. The molecule has 0 aliphatic carbocycles. The van der Waals surface area contributed by atoms with Crippen molar-refractivity contribution < 1.29 is 14.0 Å². The second kappa shape index (κ2) is 7.60. The van der Waals surface area contributed by atoms with Gasteiger partial charge in [-0.25, -0.2) is 4.39 Å². The van der Waals surface area contributed by atoms with Crippen LogP contribution < -0.4 is 0 Å². The van der Waals surface area contributed by atoms with Gasteiger partial charge in [-0.15, -0.1) is 0 Å². The van der Waals surface area contributed by atoms with Gasteiger partial charge in [0.25, 0.3) is 0 Å². The van der Waals surface area contributed by atoms with Crippen molar-refractivity contribution in [1.29, 1.82) is 0 Å². The predicted molar refractivity (Wildman–Crippen MR) is 94.3 cm³/mol. The summed E-state index contributed by atoms with van der Waals surface area (Å²) in [7, 11) is 0. The summed E-state index contributed by atoms with van der Waals surface area (Å²) in [4.78, 5) is 26.8. The van der Waals surface area contributed by atoms with Crippen molar-refractivity contribution in [1.82, 2.24) is 4.90 Å². The van der Waals surface area contributed by atoms with Crippen LogP contribution in [0.1, 0.15) is 30.9 Å². The van der Waals surface area contributed by atoms with Crippen molar-refractivity contribution in [2.75, 3.05) is 0 Å². The number of likely N-dealkylation sites (tertiary alicyclic amines) is 1. The summed E-state index contributed by atoms with van der Waals surface area (Å²) in [5, 5.41) is 0. The van der Waals surface area contributed by atoms with E-state index in [0.29, 0.717) is 12.8 Å². The Labute approximate surface area is 147 Å². The van der Waals surface area contributed by atoms with Gasteiger partial charge in [0, 0.05) is 12.5 Å². The quantitative estimate of drug-likeness (QED) is 0.850. The Kier molecular flexibility index (Phi) is 5.27. The lowest BCUT2D eigenvalue weighted by atomic mass is 9.88. The fourth-order valence-corrected chi connectivity index (χ4v) is 3.52. The topological polar surface area (TPSA) is 37.4 Å². The van der Waals surface area contributed by atoms with Crippen molar-refractivity contribution >= 4 is 11.8 Å². The van der Waals surface area contributed by atoms with Crippen molar-refractivity contribution in [2.45, 2.75) is 38.6 Å². The van der Waals surface area contributed by atoms with Gasteiger partial charge in [0.15, 0.2) is 0 Å². The summed E-state index contributed by atoms with van der Waals surface area (Å²) in [6.45, 7) is 2.05. The number of hydrogen-bond acceptors (Lipinski definition) is 2. The van der Waals surface area contributed by atoms with Crippen LogP contribution in [-0.2, 0) is 22.4 Å². The summed E-state index contributed by atoms with van der Waals surface area (Å²) >= 11 is 0. The highest BCUT2D eigenvalue weighted by Crippen LogP contribution is 2.27. The van der Waals surface area contributed by atoms with Gasteiger partial charge >= 0.3 is 0 Å². The Morgan fingerprint density at radius 1 is 1.08 bits per heavy atom. The van der Waals surface area contributed by atoms with Crippen molar-refractivity contribution in [3.8, 4) is 0 Å². The molecule has 2 amide bonds. The number of amides is 2. The van der Waals surface area contributed by atoms with E-state index >= 15 is 0 Å². The molecule has 4 heteroatoms. The molecular weight excluding hydrogens is 317 g/mol. The summed E-state index contributed by atoms with van der Waals surface area (Å²) in [5.74, 6) is -0.367. The Morgan fingerprint density at radius 2 is 1.76 bits per heavy atom. The first-order valence-electron chi connectivity index (χ1n) is 8.66. The maximum absolute atomic E-state index is 13.0. The summed E-state index contributed by atoms with van der Waals surface area (Å²) in [6.07, 6.45) is 2.01. The number of carbonyl (C=O) groups is 2. The molecule has 3 rings (SSSR count). The second-order valence-corrected chi connectivity index (χ2v) is 6.85. The fourth-order valence-electron chi connectivity index (χ4n) is 3.52. The van der Waals surface area contributed by atoms with E-state index in [4.69, 9.17) is 0 Å². The molecule has 1 aliphatic rings. The molecule has 1 saturated heterocycles. The van der Waals surface area contributed by atoms with Gasteiger partial charge in [-0.1, -0.05) is 49.4 Å². The largest absolute Gasteiger partial charge is 0.279 e. The molecule has 25 heavy (non-hydrogen) atoms. The van der Waals surface area contributed by atoms with Crippen molar-refractivity contribution in [2.24, 2.45) is 5.92 Å². The average Bonchev–Trinajstić information content (AvgIpc) is 2.57. The highest BCUT2D eigenvalue weighted by Gasteiger charge is 2.35. The van der Waals surface area contributed by atoms with E-state index < -0.39 is 0 Å². The molecule has 1 heterocycles. The van der Waals surface area contributed by atoms with Crippen LogP contribution in [0.5, 0.6) is 0 Å². The second-order valence-electron chi connectivity index (χ2n) is 6.85. The minimum atomic E-state index is -0.332. The first-order chi connectivity index (χ1) is 12.0. The molecule has 130 valence electrons. The van der Waals surface area contributed by atoms with E-state index in [1.165, 1.54) is 17.0 Å². The number of halogens is 1. The van der Waals surface area contributed by atoms with Crippen LogP contribution in [0, 0.1) is 11.7 Å². The van der Waals surface area contributed by atoms with Gasteiger partial charge in [-0.3, -0.25) is 14.5 Å². The van der Waals surface area contributed by atoms with Crippen LogP contribution in [-0.4, -0.2) is 22.8 Å². The van der Waals surface area contributed by atoms with Crippen LogP contribution in [0.3, 0.4) is 0 Å². The highest BCUT2D eigenvalue weighted by molar-refractivity contribution is 5.97. The summed E-state index contributed by atoms with van der Waals surface area (Å²) in [5.41, 5.74) is 1.84. The lowest BCUT2D eigenvalue weighted by molar-refractivity contribution is -0.151.